The third-order valence-electron chi connectivity index (χ3n) is 1.20. The van der Waals surface area contributed by atoms with Crippen molar-refractivity contribution in [2.75, 3.05) is 12.5 Å². The number of amidine groups is 1. The Kier molecular flexibility index (Phi) is 2.21. The van der Waals surface area contributed by atoms with Crippen molar-refractivity contribution in [3.63, 3.8) is 0 Å². The van der Waals surface area contributed by atoms with Crippen molar-refractivity contribution >= 4 is 32.2 Å². The van der Waals surface area contributed by atoms with Crippen LogP contribution in [0.25, 0.3) is 0 Å². The van der Waals surface area contributed by atoms with Gasteiger partial charge in [0.15, 0.2) is 10.3 Å². The van der Waals surface area contributed by atoms with Gasteiger partial charge in [-0.1, -0.05) is 21.8 Å². The molecule has 0 spiro atoms. The maximum atomic E-state index is 8.35. The predicted octanol–water partition coefficient (Wildman–Crippen LogP) is 1.89. The van der Waals surface area contributed by atoms with E-state index in [0.29, 0.717) is 10.3 Å². The Bertz CT molecular complexity index is 274. The van der Waals surface area contributed by atoms with Crippen LogP contribution in [-0.4, -0.2) is 22.9 Å². The summed E-state index contributed by atoms with van der Waals surface area (Å²) in [6, 6.07) is 1.98. The first-order valence-corrected chi connectivity index (χ1v) is 5.78. The van der Waals surface area contributed by atoms with Crippen molar-refractivity contribution in [1.82, 2.24) is 0 Å². The lowest BCUT2D eigenvalue weighted by atomic mass is 10.4. The molecule has 0 amide bonds. The van der Waals surface area contributed by atoms with Gasteiger partial charge in [0, 0.05) is 0 Å². The lowest BCUT2D eigenvalue weighted by Gasteiger charge is -2.17. The molecule has 1 aliphatic rings. The van der Waals surface area contributed by atoms with Gasteiger partial charge in [-0.2, -0.15) is 5.26 Å². The van der Waals surface area contributed by atoms with Crippen LogP contribution in [0, 0.1) is 11.3 Å². The Hall–Kier alpha value is -0.530. The van der Waals surface area contributed by atoms with Gasteiger partial charge in [0.2, 0.25) is 0 Å². The van der Waals surface area contributed by atoms with Crippen molar-refractivity contribution in [1.29, 1.82) is 5.26 Å². The summed E-state index contributed by atoms with van der Waals surface area (Å²) < 4.78 is 4.78. The van der Waals surface area contributed by atoms with Crippen molar-refractivity contribution in [3.05, 3.63) is 0 Å². The molecule has 11 heavy (non-hydrogen) atoms. The second-order valence-electron chi connectivity index (χ2n) is 2.48. The van der Waals surface area contributed by atoms with Crippen LogP contribution in [0.4, 0.5) is 0 Å². The molecule has 0 radical (unpaired) electrons. The number of nitriles is 1. The summed E-state index contributed by atoms with van der Waals surface area (Å²) in [6.07, 6.45) is 4.15. The highest BCUT2D eigenvalue weighted by molar-refractivity contribution is 8.45. The number of nitrogens with zero attached hydrogens (tertiary/aromatic N) is 3. The van der Waals surface area contributed by atoms with E-state index in [4.69, 9.17) is 16.9 Å². The lowest BCUT2D eigenvalue weighted by Crippen LogP contribution is -1.94. The van der Waals surface area contributed by atoms with Crippen molar-refractivity contribution in [2.45, 2.75) is 6.42 Å². The fourth-order valence-corrected chi connectivity index (χ4v) is 1.91. The average molecular weight is 190 g/mol. The molecule has 0 aliphatic carbocycles. The fraction of sp³-hybridized carbons (Fsp3) is 0.500. The van der Waals surface area contributed by atoms with Gasteiger partial charge < -0.3 is 0 Å². The fourth-order valence-electron chi connectivity index (χ4n) is 0.677. The van der Waals surface area contributed by atoms with Crippen LogP contribution in [0.5, 0.6) is 0 Å². The molecule has 1 rings (SSSR count). The van der Waals surface area contributed by atoms with Crippen LogP contribution in [0.1, 0.15) is 6.42 Å². The predicted molar refractivity (Wildman–Crippen MR) is 50.4 cm³/mol. The van der Waals surface area contributed by atoms with Gasteiger partial charge in [-0.05, 0) is 12.5 Å². The standard InChI is InChI=1S/C6H8ClN3S/c1-11(2)6(7)9-5(10-11)3-4-8/h3H2,1-2H3. The van der Waals surface area contributed by atoms with E-state index in [0.717, 1.165) is 0 Å². The molecule has 0 unspecified atom stereocenters. The molecule has 1 aliphatic heterocycles. The van der Waals surface area contributed by atoms with E-state index in [1.165, 1.54) is 0 Å². The summed E-state index contributed by atoms with van der Waals surface area (Å²) in [6.45, 7) is 0. The molecule has 0 saturated carbocycles. The smallest absolute Gasteiger partial charge is 0.165 e. The summed E-state index contributed by atoms with van der Waals surface area (Å²) >= 11 is 5.80. The Balaban J connectivity index is 2.85. The minimum Gasteiger partial charge on any atom is -0.215 e. The summed E-state index contributed by atoms with van der Waals surface area (Å²) in [7, 11) is -1.24. The minimum absolute atomic E-state index is 0.257. The SMILES string of the molecule is CS1(C)N=C(CC#N)N=C1Cl. The summed E-state index contributed by atoms with van der Waals surface area (Å²) in [5.74, 6) is 0.567. The first-order chi connectivity index (χ1) is 5.06. The zero-order chi connectivity index (χ0) is 8.48. The highest BCUT2D eigenvalue weighted by atomic mass is 35.5. The van der Waals surface area contributed by atoms with Gasteiger partial charge in [0.1, 0.15) is 0 Å². The number of hydrogen-bond donors (Lipinski definition) is 0. The van der Waals surface area contributed by atoms with E-state index >= 15 is 0 Å². The number of hydrogen-bond acceptors (Lipinski definition) is 3. The third kappa shape index (κ3) is 1.73. The van der Waals surface area contributed by atoms with Crippen LogP contribution in [-0.2, 0) is 0 Å². The molecule has 0 N–H and O–H groups in total. The summed E-state index contributed by atoms with van der Waals surface area (Å²) in [5, 5.41) is 8.35. The monoisotopic (exact) mass is 189 g/mol. The maximum Gasteiger partial charge on any atom is 0.165 e. The largest absolute Gasteiger partial charge is 0.215 e. The van der Waals surface area contributed by atoms with Gasteiger partial charge >= 0.3 is 0 Å². The highest BCUT2D eigenvalue weighted by Crippen LogP contribution is 2.48. The summed E-state index contributed by atoms with van der Waals surface area (Å²) in [4.78, 5) is 3.98. The first kappa shape index (κ1) is 8.57. The second kappa shape index (κ2) is 2.84. The van der Waals surface area contributed by atoms with Crippen molar-refractivity contribution in [2.24, 2.45) is 9.39 Å². The minimum atomic E-state index is -1.24. The number of aliphatic imine (C=N–C) groups is 1. The van der Waals surface area contributed by atoms with Gasteiger partial charge in [0.25, 0.3) is 0 Å². The Morgan fingerprint density at radius 1 is 1.64 bits per heavy atom. The van der Waals surface area contributed by atoms with Gasteiger partial charge in [-0.15, -0.1) is 0 Å². The maximum absolute atomic E-state index is 8.35. The van der Waals surface area contributed by atoms with Crippen LogP contribution in [0.15, 0.2) is 9.39 Å². The van der Waals surface area contributed by atoms with E-state index in [1.54, 1.807) is 0 Å². The molecule has 0 atom stereocenters. The quantitative estimate of drug-likeness (QED) is 0.622. The molecular formula is C6H8ClN3S. The van der Waals surface area contributed by atoms with E-state index in [9.17, 15) is 0 Å². The normalized spacial score (nSPS) is 23.5. The molecule has 0 aromatic carbocycles. The lowest BCUT2D eigenvalue weighted by molar-refractivity contribution is 1.37. The van der Waals surface area contributed by atoms with Crippen molar-refractivity contribution in [3.8, 4) is 6.07 Å². The van der Waals surface area contributed by atoms with Crippen molar-refractivity contribution < 1.29 is 0 Å². The molecule has 1 heterocycles. The van der Waals surface area contributed by atoms with E-state index < -0.39 is 10.2 Å². The third-order valence-corrected chi connectivity index (χ3v) is 4.00. The molecule has 0 fully saturated rings. The highest BCUT2D eigenvalue weighted by Gasteiger charge is 2.23. The Labute approximate surface area is 72.2 Å². The second-order valence-corrected chi connectivity index (χ2v) is 6.18. The first-order valence-electron chi connectivity index (χ1n) is 2.99. The molecule has 0 saturated heterocycles. The molecule has 3 nitrogen and oxygen atoms in total. The molecular weight excluding hydrogens is 182 g/mol. The molecule has 5 heteroatoms. The van der Waals surface area contributed by atoms with Crippen LogP contribution < -0.4 is 0 Å². The van der Waals surface area contributed by atoms with E-state index in [-0.39, 0.29) is 6.42 Å². The summed E-state index contributed by atoms with van der Waals surface area (Å²) in [5.41, 5.74) is 0. The molecule has 0 aromatic rings. The van der Waals surface area contributed by atoms with Crippen LogP contribution in [0.3, 0.4) is 0 Å². The van der Waals surface area contributed by atoms with E-state index in [2.05, 4.69) is 9.39 Å². The van der Waals surface area contributed by atoms with Gasteiger partial charge in [-0.25, -0.2) is 9.39 Å². The van der Waals surface area contributed by atoms with Gasteiger partial charge in [-0.3, -0.25) is 0 Å². The van der Waals surface area contributed by atoms with E-state index in [1.807, 2.05) is 18.6 Å². The Morgan fingerprint density at radius 2 is 2.27 bits per heavy atom. The Morgan fingerprint density at radius 3 is 2.64 bits per heavy atom. The molecule has 60 valence electrons. The number of halogens is 1. The van der Waals surface area contributed by atoms with Gasteiger partial charge in [0.05, 0.1) is 12.5 Å². The van der Waals surface area contributed by atoms with Crippen LogP contribution in [0.2, 0.25) is 0 Å². The topological polar surface area (TPSA) is 48.5 Å². The van der Waals surface area contributed by atoms with Crippen LogP contribution >= 0.6 is 21.8 Å². The average Bonchev–Trinajstić information content (AvgIpc) is 2.08. The molecule has 0 bridgehead atoms. The zero-order valence-corrected chi connectivity index (χ0v) is 7.91. The zero-order valence-electron chi connectivity index (χ0n) is 6.33. The molecule has 0 aromatic heterocycles. The number of rotatable bonds is 1.